The molecule has 14 heavy (non-hydrogen) atoms. The van der Waals surface area contributed by atoms with Crippen molar-refractivity contribution in [2.75, 3.05) is 5.73 Å². The van der Waals surface area contributed by atoms with Crippen LogP contribution in [0.4, 0.5) is 5.82 Å². The van der Waals surface area contributed by atoms with Crippen molar-refractivity contribution < 1.29 is 0 Å². The first-order valence-corrected chi connectivity index (χ1v) is 5.14. The monoisotopic (exact) mass is 205 g/mol. The average molecular weight is 205 g/mol. The van der Waals surface area contributed by atoms with Gasteiger partial charge in [0.25, 0.3) is 0 Å². The zero-order chi connectivity index (χ0) is 10.1. The Morgan fingerprint density at radius 1 is 1.36 bits per heavy atom. The van der Waals surface area contributed by atoms with Crippen molar-refractivity contribution in [1.29, 1.82) is 0 Å². The Kier molecular flexibility index (Phi) is 2.21. The molecule has 0 aliphatic heterocycles. The van der Waals surface area contributed by atoms with E-state index in [1.54, 1.807) is 23.6 Å². The summed E-state index contributed by atoms with van der Waals surface area (Å²) in [5.41, 5.74) is 6.69. The molecule has 0 fully saturated rings. The predicted molar refractivity (Wildman–Crippen MR) is 59.2 cm³/mol. The summed E-state index contributed by atoms with van der Waals surface area (Å²) in [5.74, 6) is 1.23. The molecule has 0 radical (unpaired) electrons. The zero-order valence-corrected chi connectivity index (χ0v) is 8.93. The minimum atomic E-state index is 0.512. The summed E-state index contributed by atoms with van der Waals surface area (Å²) in [6.45, 7) is 4.15. The van der Waals surface area contributed by atoms with E-state index >= 15 is 0 Å². The van der Waals surface area contributed by atoms with E-state index in [2.05, 4.69) is 29.9 Å². The van der Waals surface area contributed by atoms with Crippen molar-refractivity contribution in [2.24, 2.45) is 0 Å². The first-order chi connectivity index (χ1) is 6.66. The summed E-state index contributed by atoms with van der Waals surface area (Å²) < 4.78 is 0. The van der Waals surface area contributed by atoms with Gasteiger partial charge in [-0.2, -0.15) is 0 Å². The van der Waals surface area contributed by atoms with Gasteiger partial charge in [-0.3, -0.25) is 0 Å². The summed E-state index contributed by atoms with van der Waals surface area (Å²) in [4.78, 5) is 10.9. The molecule has 72 valence electrons. The van der Waals surface area contributed by atoms with Crippen LogP contribution in [0.3, 0.4) is 0 Å². The van der Waals surface area contributed by atoms with Gasteiger partial charge in [0.05, 0.1) is 0 Å². The third-order valence-corrected chi connectivity index (χ3v) is 2.92. The Labute approximate surface area is 86.6 Å². The third-order valence-electron chi connectivity index (χ3n) is 1.96. The molecule has 0 unspecified atom stereocenters. The zero-order valence-electron chi connectivity index (χ0n) is 8.11. The smallest absolute Gasteiger partial charge is 0.162 e. The van der Waals surface area contributed by atoms with E-state index in [1.807, 2.05) is 0 Å². The van der Waals surface area contributed by atoms with Crippen molar-refractivity contribution in [3.63, 3.8) is 0 Å². The SMILES string of the molecule is Cc1cc(-c2nccc(N)n2)c(C)s1. The predicted octanol–water partition coefficient (Wildman–Crippen LogP) is 2.40. The van der Waals surface area contributed by atoms with Crippen molar-refractivity contribution in [3.8, 4) is 11.4 Å². The van der Waals surface area contributed by atoms with Crippen LogP contribution in [-0.4, -0.2) is 9.97 Å². The van der Waals surface area contributed by atoms with E-state index in [9.17, 15) is 0 Å². The summed E-state index contributed by atoms with van der Waals surface area (Å²) in [5, 5.41) is 0. The molecule has 2 N–H and O–H groups in total. The molecule has 0 saturated heterocycles. The van der Waals surface area contributed by atoms with Crippen molar-refractivity contribution >= 4 is 17.2 Å². The van der Waals surface area contributed by atoms with Gasteiger partial charge < -0.3 is 5.73 Å². The largest absolute Gasteiger partial charge is 0.384 e. The first-order valence-electron chi connectivity index (χ1n) is 4.33. The van der Waals surface area contributed by atoms with Gasteiger partial charge in [0.15, 0.2) is 5.82 Å². The summed E-state index contributed by atoms with van der Waals surface area (Å²) >= 11 is 1.75. The van der Waals surface area contributed by atoms with Crippen LogP contribution < -0.4 is 5.73 Å². The van der Waals surface area contributed by atoms with Gasteiger partial charge >= 0.3 is 0 Å². The number of hydrogen-bond acceptors (Lipinski definition) is 4. The highest BCUT2D eigenvalue weighted by Crippen LogP contribution is 2.28. The lowest BCUT2D eigenvalue weighted by Crippen LogP contribution is -1.94. The molecular weight excluding hydrogens is 194 g/mol. The Morgan fingerprint density at radius 2 is 2.14 bits per heavy atom. The molecule has 2 aromatic rings. The van der Waals surface area contributed by atoms with Crippen LogP contribution in [0.5, 0.6) is 0 Å². The van der Waals surface area contributed by atoms with Crippen LogP contribution in [0.15, 0.2) is 18.3 Å². The van der Waals surface area contributed by atoms with E-state index in [-0.39, 0.29) is 0 Å². The van der Waals surface area contributed by atoms with Gasteiger partial charge in [-0.15, -0.1) is 11.3 Å². The van der Waals surface area contributed by atoms with E-state index in [0.29, 0.717) is 11.6 Å². The number of rotatable bonds is 1. The highest BCUT2D eigenvalue weighted by atomic mass is 32.1. The molecule has 2 rings (SSSR count). The van der Waals surface area contributed by atoms with Crippen molar-refractivity contribution in [3.05, 3.63) is 28.1 Å². The Morgan fingerprint density at radius 3 is 2.71 bits per heavy atom. The molecule has 0 bridgehead atoms. The molecule has 0 atom stereocenters. The van der Waals surface area contributed by atoms with Gasteiger partial charge in [0.2, 0.25) is 0 Å². The molecule has 0 spiro atoms. The molecular formula is C10H11N3S. The lowest BCUT2D eigenvalue weighted by molar-refractivity contribution is 1.18. The molecule has 2 heterocycles. The minimum absolute atomic E-state index is 0.512. The number of hydrogen-bond donors (Lipinski definition) is 1. The van der Waals surface area contributed by atoms with Gasteiger partial charge in [-0.05, 0) is 26.0 Å². The van der Waals surface area contributed by atoms with Crippen LogP contribution in [0, 0.1) is 13.8 Å². The average Bonchev–Trinajstić information content (AvgIpc) is 2.45. The summed E-state index contributed by atoms with van der Waals surface area (Å²) in [6, 6.07) is 3.78. The number of anilines is 1. The number of aromatic nitrogens is 2. The van der Waals surface area contributed by atoms with Crippen LogP contribution in [0.1, 0.15) is 9.75 Å². The lowest BCUT2D eigenvalue weighted by atomic mass is 10.2. The molecule has 4 heteroatoms. The van der Waals surface area contributed by atoms with E-state index < -0.39 is 0 Å². The van der Waals surface area contributed by atoms with Crippen LogP contribution in [-0.2, 0) is 0 Å². The highest BCUT2D eigenvalue weighted by molar-refractivity contribution is 7.12. The molecule has 2 aromatic heterocycles. The highest BCUT2D eigenvalue weighted by Gasteiger charge is 2.07. The summed E-state index contributed by atoms with van der Waals surface area (Å²) in [6.07, 6.45) is 1.68. The number of thiophene rings is 1. The van der Waals surface area contributed by atoms with Gasteiger partial charge in [-0.1, -0.05) is 0 Å². The first kappa shape index (κ1) is 9.15. The normalized spacial score (nSPS) is 10.4. The third kappa shape index (κ3) is 1.61. The van der Waals surface area contributed by atoms with Gasteiger partial charge in [-0.25, -0.2) is 9.97 Å². The van der Waals surface area contributed by atoms with Crippen molar-refractivity contribution in [2.45, 2.75) is 13.8 Å². The molecule has 3 nitrogen and oxygen atoms in total. The quantitative estimate of drug-likeness (QED) is 0.777. The maximum Gasteiger partial charge on any atom is 0.162 e. The molecule has 0 amide bonds. The standard InChI is InChI=1S/C10H11N3S/c1-6-5-8(7(2)14-6)10-12-4-3-9(11)13-10/h3-5H,1-2H3,(H2,11,12,13). The van der Waals surface area contributed by atoms with E-state index in [1.165, 1.54) is 9.75 Å². The van der Waals surface area contributed by atoms with Crippen molar-refractivity contribution in [1.82, 2.24) is 9.97 Å². The molecule has 0 saturated carbocycles. The van der Waals surface area contributed by atoms with Crippen LogP contribution >= 0.6 is 11.3 Å². The number of nitrogens with zero attached hydrogens (tertiary/aromatic N) is 2. The minimum Gasteiger partial charge on any atom is -0.384 e. The van der Waals surface area contributed by atoms with E-state index in [4.69, 9.17) is 5.73 Å². The molecule has 0 aliphatic carbocycles. The Bertz CT molecular complexity index is 462. The molecule has 0 aliphatic rings. The maximum atomic E-state index is 5.61. The summed E-state index contributed by atoms with van der Waals surface area (Å²) in [7, 11) is 0. The second kappa shape index (κ2) is 3.38. The maximum absolute atomic E-state index is 5.61. The second-order valence-corrected chi connectivity index (χ2v) is 4.59. The Hall–Kier alpha value is -1.42. The van der Waals surface area contributed by atoms with Gasteiger partial charge in [0, 0.05) is 21.5 Å². The van der Waals surface area contributed by atoms with Crippen LogP contribution in [0.25, 0.3) is 11.4 Å². The topological polar surface area (TPSA) is 51.8 Å². The fourth-order valence-corrected chi connectivity index (χ4v) is 2.28. The number of nitrogen functional groups attached to an aromatic ring is 1. The second-order valence-electron chi connectivity index (χ2n) is 3.13. The number of aryl methyl sites for hydroxylation is 2. The Balaban J connectivity index is 2.54. The lowest BCUT2D eigenvalue weighted by Gasteiger charge is -1.98. The van der Waals surface area contributed by atoms with E-state index in [0.717, 1.165) is 5.56 Å². The van der Waals surface area contributed by atoms with Crippen LogP contribution in [0.2, 0.25) is 0 Å². The van der Waals surface area contributed by atoms with Gasteiger partial charge in [0.1, 0.15) is 5.82 Å². The molecule has 0 aromatic carbocycles. The fourth-order valence-electron chi connectivity index (χ4n) is 1.36. The number of nitrogens with two attached hydrogens (primary N) is 1. The fraction of sp³-hybridized carbons (Fsp3) is 0.200.